The van der Waals surface area contributed by atoms with E-state index in [0.29, 0.717) is 13.1 Å². The Balaban J connectivity index is 1.27. The summed E-state index contributed by atoms with van der Waals surface area (Å²) in [6.45, 7) is 3.11. The van der Waals surface area contributed by atoms with Gasteiger partial charge >= 0.3 is 0 Å². The number of nitrogens with zero attached hydrogens (tertiary/aromatic N) is 2. The molecule has 5 nitrogen and oxygen atoms in total. The van der Waals surface area contributed by atoms with Crippen molar-refractivity contribution in [2.75, 3.05) is 32.8 Å². The zero-order chi connectivity index (χ0) is 21.5. The van der Waals surface area contributed by atoms with Crippen LogP contribution < -0.4 is 4.74 Å². The summed E-state index contributed by atoms with van der Waals surface area (Å²) in [5.41, 5.74) is 2.29. The van der Waals surface area contributed by atoms with E-state index >= 15 is 0 Å². The molecule has 2 aliphatic rings. The van der Waals surface area contributed by atoms with E-state index in [1.54, 1.807) is 0 Å². The third-order valence-electron chi connectivity index (χ3n) is 6.43. The Hall–Kier alpha value is -2.82. The van der Waals surface area contributed by atoms with E-state index in [4.69, 9.17) is 4.74 Å². The monoisotopic (exact) mass is 420 g/mol. The molecule has 0 aromatic heterocycles. The number of hydrogen-bond donors (Lipinski definition) is 0. The van der Waals surface area contributed by atoms with E-state index in [1.807, 2.05) is 52.3 Å². The molecule has 2 amide bonds. The molecule has 164 valence electrons. The highest BCUT2D eigenvalue weighted by Crippen LogP contribution is 2.24. The Morgan fingerprint density at radius 3 is 2.23 bits per heavy atom. The SMILES string of the molecule is O=C(COc1ccccc1Cc1ccccc1)N1CCC(C(=O)N2CCCCC2)CC1. The molecule has 0 saturated carbocycles. The number of benzene rings is 2. The van der Waals surface area contributed by atoms with Gasteiger partial charge in [0.15, 0.2) is 6.61 Å². The first-order valence-electron chi connectivity index (χ1n) is 11.5. The van der Waals surface area contributed by atoms with Gasteiger partial charge in [0.2, 0.25) is 5.91 Å². The van der Waals surface area contributed by atoms with E-state index in [0.717, 1.165) is 56.5 Å². The molecular weight excluding hydrogens is 388 g/mol. The van der Waals surface area contributed by atoms with Gasteiger partial charge in [-0.2, -0.15) is 0 Å². The van der Waals surface area contributed by atoms with E-state index < -0.39 is 0 Å². The fraction of sp³-hybridized carbons (Fsp3) is 0.462. The Morgan fingerprint density at radius 1 is 0.806 bits per heavy atom. The smallest absolute Gasteiger partial charge is 0.260 e. The number of amides is 2. The van der Waals surface area contributed by atoms with Gasteiger partial charge < -0.3 is 14.5 Å². The van der Waals surface area contributed by atoms with E-state index in [2.05, 4.69) is 12.1 Å². The van der Waals surface area contributed by atoms with Crippen LogP contribution in [0.4, 0.5) is 0 Å². The Labute approximate surface area is 185 Å². The lowest BCUT2D eigenvalue weighted by atomic mass is 9.94. The van der Waals surface area contributed by atoms with Gasteiger partial charge in [-0.25, -0.2) is 0 Å². The average molecular weight is 421 g/mol. The topological polar surface area (TPSA) is 49.9 Å². The van der Waals surface area contributed by atoms with Crippen molar-refractivity contribution in [3.8, 4) is 5.75 Å². The fourth-order valence-electron chi connectivity index (χ4n) is 4.59. The second-order valence-corrected chi connectivity index (χ2v) is 8.60. The van der Waals surface area contributed by atoms with Gasteiger partial charge in [-0.1, -0.05) is 48.5 Å². The lowest BCUT2D eigenvalue weighted by Crippen LogP contribution is -2.46. The quantitative estimate of drug-likeness (QED) is 0.712. The fourth-order valence-corrected chi connectivity index (χ4v) is 4.59. The van der Waals surface area contributed by atoms with Crippen molar-refractivity contribution in [2.45, 2.75) is 38.5 Å². The molecule has 0 unspecified atom stereocenters. The maximum Gasteiger partial charge on any atom is 0.260 e. The highest BCUT2D eigenvalue weighted by atomic mass is 16.5. The van der Waals surface area contributed by atoms with Crippen LogP contribution in [0.3, 0.4) is 0 Å². The zero-order valence-corrected chi connectivity index (χ0v) is 18.2. The van der Waals surface area contributed by atoms with Crippen molar-refractivity contribution < 1.29 is 14.3 Å². The molecule has 2 aromatic rings. The van der Waals surface area contributed by atoms with Crippen molar-refractivity contribution in [2.24, 2.45) is 5.92 Å². The predicted molar refractivity (Wildman–Crippen MR) is 121 cm³/mol. The summed E-state index contributed by atoms with van der Waals surface area (Å²) in [6.07, 6.45) is 5.75. The third kappa shape index (κ3) is 5.66. The Kier molecular flexibility index (Phi) is 7.23. The number of likely N-dealkylation sites (tertiary alicyclic amines) is 2. The first-order valence-corrected chi connectivity index (χ1v) is 11.5. The summed E-state index contributed by atoms with van der Waals surface area (Å²) in [5.74, 6) is 1.11. The largest absolute Gasteiger partial charge is 0.483 e. The van der Waals surface area contributed by atoms with Crippen molar-refractivity contribution >= 4 is 11.8 Å². The summed E-state index contributed by atoms with van der Waals surface area (Å²) in [7, 11) is 0. The third-order valence-corrected chi connectivity index (χ3v) is 6.43. The van der Waals surface area contributed by atoms with Gasteiger partial charge in [0.25, 0.3) is 5.91 Å². The number of para-hydroxylation sites is 1. The summed E-state index contributed by atoms with van der Waals surface area (Å²) in [6, 6.07) is 18.2. The van der Waals surface area contributed by atoms with Crippen molar-refractivity contribution in [3.63, 3.8) is 0 Å². The molecule has 2 aliphatic heterocycles. The van der Waals surface area contributed by atoms with Gasteiger partial charge in [-0.15, -0.1) is 0 Å². The molecule has 0 bridgehead atoms. The standard InChI is InChI=1S/C26H32N2O3/c29-25(27-17-13-22(14-18-27)26(30)28-15-7-2-8-16-28)20-31-24-12-6-5-11-23(24)19-21-9-3-1-4-10-21/h1,3-6,9-12,22H,2,7-8,13-20H2. The van der Waals surface area contributed by atoms with Crippen molar-refractivity contribution in [1.82, 2.24) is 9.80 Å². The van der Waals surface area contributed by atoms with Crippen LogP contribution in [0.15, 0.2) is 54.6 Å². The molecule has 0 spiro atoms. The first kappa shape index (κ1) is 21.4. The van der Waals surface area contributed by atoms with Gasteiger partial charge in [0.1, 0.15) is 5.75 Å². The highest BCUT2D eigenvalue weighted by Gasteiger charge is 2.30. The van der Waals surface area contributed by atoms with Crippen LogP contribution in [0.5, 0.6) is 5.75 Å². The van der Waals surface area contributed by atoms with Crippen LogP contribution >= 0.6 is 0 Å². The molecule has 5 heteroatoms. The maximum atomic E-state index is 12.7. The van der Waals surface area contributed by atoms with Gasteiger partial charge in [-0.05, 0) is 49.3 Å². The van der Waals surface area contributed by atoms with E-state index in [-0.39, 0.29) is 24.3 Å². The predicted octanol–water partition coefficient (Wildman–Crippen LogP) is 3.91. The van der Waals surface area contributed by atoms with Crippen LogP contribution in [-0.4, -0.2) is 54.4 Å². The summed E-state index contributed by atoms with van der Waals surface area (Å²) in [5, 5.41) is 0. The Bertz CT molecular complexity index is 869. The maximum absolute atomic E-state index is 12.7. The summed E-state index contributed by atoms with van der Waals surface area (Å²) >= 11 is 0. The minimum absolute atomic E-state index is 0.00149. The van der Waals surface area contributed by atoms with Gasteiger partial charge in [0.05, 0.1) is 0 Å². The number of carbonyl (C=O) groups is 2. The van der Waals surface area contributed by atoms with Crippen LogP contribution in [0.25, 0.3) is 0 Å². The molecule has 2 aromatic carbocycles. The van der Waals surface area contributed by atoms with E-state index in [1.165, 1.54) is 12.0 Å². The molecule has 2 fully saturated rings. The average Bonchev–Trinajstić information content (AvgIpc) is 2.84. The van der Waals surface area contributed by atoms with Crippen LogP contribution in [0, 0.1) is 5.92 Å². The second kappa shape index (κ2) is 10.5. The molecule has 4 rings (SSSR count). The molecule has 0 atom stereocenters. The number of piperidine rings is 2. The molecule has 0 aliphatic carbocycles. The van der Waals surface area contributed by atoms with Gasteiger partial charge in [0, 0.05) is 38.5 Å². The lowest BCUT2D eigenvalue weighted by molar-refractivity contribution is -0.142. The van der Waals surface area contributed by atoms with Crippen LogP contribution in [-0.2, 0) is 16.0 Å². The highest BCUT2D eigenvalue weighted by molar-refractivity contribution is 5.80. The van der Waals surface area contributed by atoms with Crippen LogP contribution in [0.2, 0.25) is 0 Å². The normalized spacial score (nSPS) is 17.4. The molecule has 0 N–H and O–H groups in total. The lowest BCUT2D eigenvalue weighted by Gasteiger charge is -2.35. The van der Waals surface area contributed by atoms with Crippen molar-refractivity contribution in [3.05, 3.63) is 65.7 Å². The summed E-state index contributed by atoms with van der Waals surface area (Å²) < 4.78 is 5.93. The number of carbonyl (C=O) groups excluding carboxylic acids is 2. The Morgan fingerprint density at radius 2 is 1.48 bits per heavy atom. The first-order chi connectivity index (χ1) is 15.2. The zero-order valence-electron chi connectivity index (χ0n) is 18.2. The molecule has 31 heavy (non-hydrogen) atoms. The van der Waals surface area contributed by atoms with Gasteiger partial charge in [-0.3, -0.25) is 9.59 Å². The molecular formula is C26H32N2O3. The number of ether oxygens (including phenoxy) is 1. The minimum Gasteiger partial charge on any atom is -0.483 e. The number of hydrogen-bond acceptors (Lipinski definition) is 3. The minimum atomic E-state index is -0.00149. The molecule has 0 radical (unpaired) electrons. The molecule has 2 saturated heterocycles. The van der Waals surface area contributed by atoms with E-state index in [9.17, 15) is 9.59 Å². The van der Waals surface area contributed by atoms with Crippen molar-refractivity contribution in [1.29, 1.82) is 0 Å². The second-order valence-electron chi connectivity index (χ2n) is 8.60. The summed E-state index contributed by atoms with van der Waals surface area (Å²) in [4.78, 5) is 29.3. The molecule has 2 heterocycles. The van der Waals surface area contributed by atoms with Crippen LogP contribution in [0.1, 0.15) is 43.2 Å². The number of rotatable bonds is 6.